The van der Waals surface area contributed by atoms with Crippen LogP contribution >= 0.6 is 11.6 Å². The van der Waals surface area contributed by atoms with Gasteiger partial charge in [-0.05, 0) is 12.1 Å². The summed E-state index contributed by atoms with van der Waals surface area (Å²) < 4.78 is 0. The van der Waals surface area contributed by atoms with E-state index in [-0.39, 0.29) is 12.5 Å². The lowest BCUT2D eigenvalue weighted by atomic mass is 10.1. The van der Waals surface area contributed by atoms with Crippen molar-refractivity contribution in [1.82, 2.24) is 9.80 Å². The Morgan fingerprint density at radius 2 is 2.00 bits per heavy atom. The topological polar surface area (TPSA) is 69.8 Å². The van der Waals surface area contributed by atoms with Gasteiger partial charge in [-0.25, -0.2) is 0 Å². The second kappa shape index (κ2) is 6.23. The zero-order valence-corrected chi connectivity index (χ0v) is 11.4. The van der Waals surface area contributed by atoms with Crippen LogP contribution in [0.3, 0.4) is 0 Å². The second-order valence-electron chi connectivity index (χ2n) is 4.57. The first-order chi connectivity index (χ1) is 9.13. The number of nitrogen functional groups attached to an aromatic ring is 1. The molecular weight excluding hydrogens is 266 g/mol. The number of aliphatic hydroxyl groups excluding tert-OH is 1. The van der Waals surface area contributed by atoms with E-state index in [4.69, 9.17) is 22.4 Å². The van der Waals surface area contributed by atoms with Crippen LogP contribution in [-0.4, -0.2) is 60.1 Å². The molecule has 0 radical (unpaired) electrons. The summed E-state index contributed by atoms with van der Waals surface area (Å²) in [5.41, 5.74) is 6.59. The Hall–Kier alpha value is -1.30. The number of nitrogens with two attached hydrogens (primary N) is 1. The molecule has 0 unspecified atom stereocenters. The van der Waals surface area contributed by atoms with Crippen molar-refractivity contribution in [3.8, 4) is 0 Å². The fraction of sp³-hybridized carbons (Fsp3) is 0.462. The van der Waals surface area contributed by atoms with Gasteiger partial charge in [0.05, 0.1) is 22.9 Å². The molecule has 1 aliphatic rings. The molecule has 0 atom stereocenters. The summed E-state index contributed by atoms with van der Waals surface area (Å²) in [7, 11) is 0. The molecule has 1 fully saturated rings. The minimum atomic E-state index is -0.0825. The van der Waals surface area contributed by atoms with Crippen molar-refractivity contribution in [2.45, 2.75) is 0 Å². The Morgan fingerprint density at radius 1 is 1.32 bits per heavy atom. The molecule has 2 rings (SSSR count). The molecular formula is C13H18ClN3O2. The number of β-amino-alcohol motifs (C(OH)–C–C–N with tert-alkyl or cyclic N) is 1. The van der Waals surface area contributed by atoms with Crippen LogP contribution in [0.15, 0.2) is 18.2 Å². The van der Waals surface area contributed by atoms with Gasteiger partial charge in [0.1, 0.15) is 0 Å². The highest BCUT2D eigenvalue weighted by atomic mass is 35.5. The Labute approximate surface area is 117 Å². The average molecular weight is 284 g/mol. The quantitative estimate of drug-likeness (QED) is 0.800. The fourth-order valence-electron chi connectivity index (χ4n) is 2.20. The van der Waals surface area contributed by atoms with Crippen molar-refractivity contribution in [2.24, 2.45) is 0 Å². The maximum atomic E-state index is 12.4. The van der Waals surface area contributed by atoms with Crippen molar-refractivity contribution >= 4 is 23.2 Å². The zero-order chi connectivity index (χ0) is 13.8. The fourth-order valence-corrected chi connectivity index (χ4v) is 2.41. The maximum absolute atomic E-state index is 12.4. The number of piperazine rings is 1. The molecule has 1 saturated heterocycles. The highest BCUT2D eigenvalue weighted by Gasteiger charge is 2.23. The van der Waals surface area contributed by atoms with Crippen LogP contribution in [0.1, 0.15) is 10.4 Å². The van der Waals surface area contributed by atoms with Crippen LogP contribution in [0.2, 0.25) is 5.02 Å². The summed E-state index contributed by atoms with van der Waals surface area (Å²) in [6.45, 7) is 3.63. The van der Waals surface area contributed by atoms with Gasteiger partial charge in [-0.2, -0.15) is 0 Å². The molecule has 19 heavy (non-hydrogen) atoms. The number of nitrogens with zero attached hydrogens (tertiary/aromatic N) is 2. The van der Waals surface area contributed by atoms with E-state index in [2.05, 4.69) is 4.90 Å². The summed E-state index contributed by atoms with van der Waals surface area (Å²) in [5.74, 6) is -0.0825. The van der Waals surface area contributed by atoms with Gasteiger partial charge in [0, 0.05) is 32.7 Å². The smallest absolute Gasteiger partial charge is 0.255 e. The van der Waals surface area contributed by atoms with Gasteiger partial charge in [-0.1, -0.05) is 17.7 Å². The number of halogens is 1. The highest BCUT2D eigenvalue weighted by molar-refractivity contribution is 6.36. The molecule has 104 valence electrons. The number of hydrogen-bond acceptors (Lipinski definition) is 4. The largest absolute Gasteiger partial charge is 0.398 e. The van der Waals surface area contributed by atoms with Crippen LogP contribution in [0.4, 0.5) is 5.69 Å². The third-order valence-corrected chi connectivity index (χ3v) is 3.76. The normalized spacial score (nSPS) is 16.6. The second-order valence-corrected chi connectivity index (χ2v) is 4.94. The van der Waals surface area contributed by atoms with E-state index in [0.29, 0.717) is 35.9 Å². The molecule has 1 heterocycles. The maximum Gasteiger partial charge on any atom is 0.255 e. The number of amides is 1. The van der Waals surface area contributed by atoms with Crippen molar-refractivity contribution in [2.75, 3.05) is 45.1 Å². The number of carbonyl (C=O) groups is 1. The van der Waals surface area contributed by atoms with Crippen molar-refractivity contribution in [3.63, 3.8) is 0 Å². The van der Waals surface area contributed by atoms with E-state index in [9.17, 15) is 4.79 Å². The Morgan fingerprint density at radius 3 is 2.63 bits per heavy atom. The molecule has 1 aliphatic heterocycles. The van der Waals surface area contributed by atoms with E-state index in [1.807, 2.05) is 0 Å². The van der Waals surface area contributed by atoms with E-state index >= 15 is 0 Å². The third-order valence-electron chi connectivity index (χ3n) is 3.33. The van der Waals surface area contributed by atoms with Crippen molar-refractivity contribution in [3.05, 3.63) is 28.8 Å². The molecule has 0 aliphatic carbocycles. The first-order valence-electron chi connectivity index (χ1n) is 6.30. The molecule has 0 bridgehead atoms. The minimum absolute atomic E-state index is 0.0825. The lowest BCUT2D eigenvalue weighted by molar-refractivity contribution is 0.0615. The van der Waals surface area contributed by atoms with Gasteiger partial charge in [0.15, 0.2) is 0 Å². The molecule has 5 nitrogen and oxygen atoms in total. The van der Waals surface area contributed by atoms with E-state index in [0.717, 1.165) is 13.1 Å². The Bertz CT molecular complexity index is 459. The lowest BCUT2D eigenvalue weighted by Gasteiger charge is -2.34. The van der Waals surface area contributed by atoms with E-state index < -0.39 is 0 Å². The summed E-state index contributed by atoms with van der Waals surface area (Å²) >= 11 is 6.07. The first kappa shape index (κ1) is 14.1. The van der Waals surface area contributed by atoms with Crippen LogP contribution in [0.25, 0.3) is 0 Å². The van der Waals surface area contributed by atoms with Crippen LogP contribution < -0.4 is 5.73 Å². The predicted octanol–water partition coefficient (Wildman–Crippen LogP) is 0.672. The highest BCUT2D eigenvalue weighted by Crippen LogP contribution is 2.24. The number of anilines is 1. The van der Waals surface area contributed by atoms with Gasteiger partial charge in [-0.15, -0.1) is 0 Å². The Kier molecular flexibility index (Phi) is 4.63. The van der Waals surface area contributed by atoms with Crippen LogP contribution in [0.5, 0.6) is 0 Å². The van der Waals surface area contributed by atoms with Gasteiger partial charge in [-0.3, -0.25) is 9.69 Å². The standard InChI is InChI=1S/C13H18ClN3O2/c14-12-10(2-1-3-11(12)15)13(19)17-6-4-16(5-7-17)8-9-18/h1-3,18H,4-9,15H2. The first-order valence-corrected chi connectivity index (χ1v) is 6.67. The SMILES string of the molecule is Nc1cccc(C(=O)N2CCN(CCO)CC2)c1Cl. The molecule has 0 spiro atoms. The molecule has 1 aromatic carbocycles. The van der Waals surface area contributed by atoms with Gasteiger partial charge >= 0.3 is 0 Å². The summed E-state index contributed by atoms with van der Waals surface area (Å²) in [4.78, 5) is 16.3. The van der Waals surface area contributed by atoms with Crippen molar-refractivity contribution < 1.29 is 9.90 Å². The molecule has 6 heteroatoms. The number of hydrogen-bond donors (Lipinski definition) is 2. The van der Waals surface area contributed by atoms with Gasteiger partial charge < -0.3 is 15.7 Å². The van der Waals surface area contributed by atoms with Crippen LogP contribution in [-0.2, 0) is 0 Å². The van der Waals surface area contributed by atoms with Gasteiger partial charge in [0.25, 0.3) is 5.91 Å². The minimum Gasteiger partial charge on any atom is -0.398 e. The number of aliphatic hydroxyl groups is 1. The summed E-state index contributed by atoms with van der Waals surface area (Å²) in [5, 5.41) is 9.21. The number of carbonyl (C=O) groups excluding carboxylic acids is 1. The molecule has 0 aromatic heterocycles. The van der Waals surface area contributed by atoms with Gasteiger partial charge in [0.2, 0.25) is 0 Å². The zero-order valence-electron chi connectivity index (χ0n) is 10.7. The molecule has 1 aromatic rings. The summed E-state index contributed by atoms with van der Waals surface area (Å²) in [6.07, 6.45) is 0. The summed E-state index contributed by atoms with van der Waals surface area (Å²) in [6, 6.07) is 5.11. The van der Waals surface area contributed by atoms with Crippen LogP contribution in [0, 0.1) is 0 Å². The number of rotatable bonds is 3. The third kappa shape index (κ3) is 3.18. The predicted molar refractivity (Wildman–Crippen MR) is 75.3 cm³/mol. The van der Waals surface area contributed by atoms with E-state index in [1.165, 1.54) is 0 Å². The molecule has 1 amide bonds. The average Bonchev–Trinajstić information content (AvgIpc) is 2.42. The Balaban J connectivity index is 2.03. The van der Waals surface area contributed by atoms with E-state index in [1.54, 1.807) is 23.1 Å². The number of benzene rings is 1. The molecule has 3 N–H and O–H groups in total. The lowest BCUT2D eigenvalue weighted by Crippen LogP contribution is -2.49. The van der Waals surface area contributed by atoms with Crippen molar-refractivity contribution in [1.29, 1.82) is 0 Å². The molecule has 0 saturated carbocycles. The monoisotopic (exact) mass is 283 g/mol.